The van der Waals surface area contributed by atoms with Crippen molar-refractivity contribution in [2.75, 3.05) is 27.4 Å². The minimum Gasteiger partial charge on any atom is -0.465 e. The lowest BCUT2D eigenvalue weighted by atomic mass is 9.82. The first-order chi connectivity index (χ1) is 37.4. The van der Waals surface area contributed by atoms with Crippen LogP contribution in [-0.4, -0.2) is 100 Å². The van der Waals surface area contributed by atoms with Gasteiger partial charge in [0.2, 0.25) is 0 Å². The van der Waals surface area contributed by atoms with Crippen LogP contribution >= 0.6 is 0 Å². The van der Waals surface area contributed by atoms with Crippen molar-refractivity contribution >= 4 is 60.7 Å². The number of methoxy groups -OCH3 is 2. The van der Waals surface area contributed by atoms with Crippen LogP contribution in [0.4, 0.5) is 0 Å². The van der Waals surface area contributed by atoms with Crippen molar-refractivity contribution in [1.29, 1.82) is 0 Å². The summed E-state index contributed by atoms with van der Waals surface area (Å²) in [6.07, 6.45) is 8.43. The molecule has 2 unspecified atom stereocenters. The van der Waals surface area contributed by atoms with Crippen molar-refractivity contribution < 1.29 is 95.3 Å². The highest BCUT2D eigenvalue weighted by atomic mass is 16.6. The van der Waals surface area contributed by atoms with Gasteiger partial charge in [-0.1, -0.05) is 47.3 Å². The number of rotatable bonds is 20. The van der Waals surface area contributed by atoms with Crippen LogP contribution in [0.3, 0.4) is 0 Å². The van der Waals surface area contributed by atoms with Gasteiger partial charge in [-0.3, -0.25) is 33.6 Å². The smallest absolute Gasteiger partial charge is 0.341 e. The molecule has 20 heteroatoms. The molecule has 2 atom stereocenters. The Hall–Kier alpha value is -7.38. The first-order valence-corrected chi connectivity index (χ1v) is 26.4. The molecule has 0 heterocycles. The van der Waals surface area contributed by atoms with Gasteiger partial charge in [0.15, 0.2) is 0 Å². The third-order valence-electron chi connectivity index (χ3n) is 12.3. The van der Waals surface area contributed by atoms with E-state index in [1.165, 1.54) is 36.4 Å². The predicted molar refractivity (Wildman–Crippen MR) is 284 cm³/mol. The Morgan fingerprint density at radius 3 is 1.28 bits per heavy atom. The fourth-order valence-electron chi connectivity index (χ4n) is 8.23. The van der Waals surface area contributed by atoms with E-state index < -0.39 is 71.6 Å². The molecule has 3 saturated carbocycles. The lowest BCUT2D eigenvalue weighted by Crippen LogP contribution is -2.32. The summed E-state index contributed by atoms with van der Waals surface area (Å²) >= 11 is 0. The first kappa shape index (κ1) is 68.6. The number of carbonyl (C=O) groups excluding carboxylic acids is 10. The molecule has 0 aromatic heterocycles. The second-order valence-electron chi connectivity index (χ2n) is 18.0. The highest BCUT2D eigenvalue weighted by molar-refractivity contribution is 5.95. The highest BCUT2D eigenvalue weighted by Gasteiger charge is 2.35. The average molecular weight is 1100 g/mol. The molecule has 5 rings (SSSR count). The van der Waals surface area contributed by atoms with Gasteiger partial charge in [-0.15, -0.1) is 6.58 Å². The monoisotopic (exact) mass is 1100 g/mol. The summed E-state index contributed by atoms with van der Waals surface area (Å²) in [7, 11) is 2.30. The second-order valence-corrected chi connectivity index (χ2v) is 18.0. The molecule has 3 aliphatic carbocycles. The van der Waals surface area contributed by atoms with Crippen LogP contribution in [0.15, 0.2) is 61.7 Å². The molecule has 0 N–H and O–H groups in total. The van der Waals surface area contributed by atoms with E-state index >= 15 is 0 Å². The van der Waals surface area contributed by atoms with Crippen LogP contribution < -0.4 is 18.9 Å². The summed E-state index contributed by atoms with van der Waals surface area (Å²) < 4.78 is 51.0. The van der Waals surface area contributed by atoms with Crippen molar-refractivity contribution in [3.63, 3.8) is 0 Å². The molecular formula is C58H80O20. The van der Waals surface area contributed by atoms with Gasteiger partial charge in [0.05, 0.1) is 43.8 Å². The van der Waals surface area contributed by atoms with Gasteiger partial charge >= 0.3 is 47.8 Å². The third kappa shape index (κ3) is 23.9. The summed E-state index contributed by atoms with van der Waals surface area (Å²) in [5, 5.41) is 0. The number of hydrogen-bond acceptors (Lipinski definition) is 20. The Bertz CT molecular complexity index is 2260. The van der Waals surface area contributed by atoms with Gasteiger partial charge < -0.3 is 47.4 Å². The molecule has 3 fully saturated rings. The van der Waals surface area contributed by atoms with Gasteiger partial charge in [0.25, 0.3) is 12.9 Å². The van der Waals surface area contributed by atoms with Crippen molar-refractivity contribution in [3.8, 4) is 23.0 Å². The Morgan fingerprint density at radius 2 is 0.897 bits per heavy atom. The van der Waals surface area contributed by atoms with Crippen LogP contribution in [0.5, 0.6) is 23.0 Å². The van der Waals surface area contributed by atoms with Crippen LogP contribution in [-0.2, 0) is 66.8 Å². The topological polar surface area (TPSA) is 263 Å². The van der Waals surface area contributed by atoms with Gasteiger partial charge in [-0.05, 0) is 140 Å². The third-order valence-corrected chi connectivity index (χ3v) is 12.3. The Labute approximate surface area is 458 Å². The summed E-state index contributed by atoms with van der Waals surface area (Å²) in [5.74, 6) is -6.02. The van der Waals surface area contributed by atoms with E-state index in [9.17, 15) is 47.9 Å². The van der Waals surface area contributed by atoms with E-state index in [-0.39, 0.29) is 71.8 Å². The summed E-state index contributed by atoms with van der Waals surface area (Å²) in [6, 6.07) is 7.83. The molecule has 0 bridgehead atoms. The zero-order valence-electron chi connectivity index (χ0n) is 46.9. The Kier molecular flexibility index (Phi) is 33.6. The zero-order valence-corrected chi connectivity index (χ0v) is 46.9. The normalized spacial score (nSPS) is 19.7. The van der Waals surface area contributed by atoms with Gasteiger partial charge in [-0.25, -0.2) is 14.4 Å². The lowest BCUT2D eigenvalue weighted by Gasteiger charge is -2.27. The van der Waals surface area contributed by atoms with E-state index in [1.54, 1.807) is 19.9 Å². The molecule has 78 heavy (non-hydrogen) atoms. The molecular weight excluding hydrogens is 1020 g/mol. The van der Waals surface area contributed by atoms with Crippen LogP contribution in [0.1, 0.15) is 153 Å². The summed E-state index contributed by atoms with van der Waals surface area (Å²) in [5.41, 5.74) is -0.247. The van der Waals surface area contributed by atoms with Gasteiger partial charge in [0.1, 0.15) is 59.5 Å². The standard InChI is InChI=1S/C39H42O16.C12H20O4.C3H6.2C2H6/c1-5-33(41)50-20-22(2)52-34(42)23-6-12-26(13-7-23)37(45)55-32-17-15-28(19-30(32)39(47)49-4)54-36(44)25-10-8-24(9-11-25)35(43)53-27-14-16-31(51-21-40)29(18-27)38(46)48-3;1-9-3-5-11(6-4-9)12(14)16-10(2)7-15-8-13;1-3-2;2*1-2/h5,14-19,21-26H,1,6-13,20H2,2-4H3;8-11H,3-7H2,1-2H3;3H,1H2,2H3;2*1-2H3. The fourth-order valence-corrected chi connectivity index (χ4v) is 8.23. The zero-order chi connectivity index (χ0) is 58.7. The maximum absolute atomic E-state index is 13.1. The van der Waals surface area contributed by atoms with Gasteiger partial charge in [0, 0.05) is 6.08 Å². The van der Waals surface area contributed by atoms with E-state index in [0.717, 1.165) is 51.9 Å². The number of hydrogen-bond donors (Lipinski definition) is 0. The molecule has 2 aromatic rings. The molecule has 0 aliphatic heterocycles. The minimum absolute atomic E-state index is 0.0163. The number of allylic oxidation sites excluding steroid dienone is 1. The number of ether oxygens (including phenoxy) is 10. The molecule has 2 aromatic carbocycles. The maximum Gasteiger partial charge on any atom is 0.341 e. The molecule has 0 amide bonds. The Morgan fingerprint density at radius 1 is 0.538 bits per heavy atom. The maximum atomic E-state index is 13.1. The minimum atomic E-state index is -0.830. The van der Waals surface area contributed by atoms with Crippen molar-refractivity contribution in [3.05, 3.63) is 72.8 Å². The van der Waals surface area contributed by atoms with Gasteiger partial charge in [-0.2, -0.15) is 0 Å². The van der Waals surface area contributed by atoms with Crippen LogP contribution in [0.25, 0.3) is 0 Å². The molecule has 432 valence electrons. The summed E-state index contributed by atoms with van der Waals surface area (Å²) in [4.78, 5) is 120. The molecule has 3 aliphatic rings. The van der Waals surface area contributed by atoms with Crippen molar-refractivity contribution in [2.24, 2.45) is 35.5 Å². The van der Waals surface area contributed by atoms with E-state index in [4.69, 9.17) is 37.9 Å². The quantitative estimate of drug-likeness (QED) is 0.0298. The number of esters is 8. The molecule has 0 saturated heterocycles. The largest absolute Gasteiger partial charge is 0.465 e. The number of benzene rings is 2. The molecule has 0 radical (unpaired) electrons. The van der Waals surface area contributed by atoms with Crippen LogP contribution in [0.2, 0.25) is 0 Å². The van der Waals surface area contributed by atoms with E-state index in [1.807, 2.05) is 34.6 Å². The van der Waals surface area contributed by atoms with E-state index in [0.29, 0.717) is 57.8 Å². The molecule has 20 nitrogen and oxygen atoms in total. The highest BCUT2D eigenvalue weighted by Crippen LogP contribution is 2.35. The van der Waals surface area contributed by atoms with Crippen molar-refractivity contribution in [2.45, 2.75) is 145 Å². The Balaban J connectivity index is 0.00000110. The average Bonchev–Trinajstić information content (AvgIpc) is 3.46. The van der Waals surface area contributed by atoms with Crippen molar-refractivity contribution in [1.82, 2.24) is 0 Å². The number of carbonyl (C=O) groups is 10. The SMILES string of the molecule is C=CC.C=CC(=O)OCC(C)OC(=O)C1CCC(C(=O)Oc2ccc(OC(=O)C3CCC(C(=O)Oc4ccc(OC=O)c(C(=O)OC)c4)CC3)cc2C(=O)OC)CC1.CC.CC.CC1CCC(C(=O)OC(C)COC=O)CC1. The summed E-state index contributed by atoms with van der Waals surface area (Å²) in [6.45, 7) is 22.6. The van der Waals surface area contributed by atoms with E-state index in [2.05, 4.69) is 29.6 Å². The lowest BCUT2D eigenvalue weighted by molar-refractivity contribution is -0.161. The van der Waals surface area contributed by atoms with Crippen LogP contribution in [0, 0.1) is 35.5 Å². The molecule has 0 spiro atoms. The second kappa shape index (κ2) is 38.2. The first-order valence-electron chi connectivity index (χ1n) is 26.4. The fraction of sp³-hybridized carbons (Fsp3) is 0.552. The predicted octanol–water partition coefficient (Wildman–Crippen LogP) is 9.65.